The number of rotatable bonds is 4. The zero-order chi connectivity index (χ0) is 11.3. The van der Waals surface area contributed by atoms with Crippen LogP contribution in [0.4, 0.5) is 5.69 Å². The van der Waals surface area contributed by atoms with E-state index in [0.29, 0.717) is 17.8 Å². The molecule has 0 heterocycles. The highest BCUT2D eigenvalue weighted by Crippen LogP contribution is 2.18. The minimum absolute atomic E-state index is 0.0749. The largest absolute Gasteiger partial charge is 0.508 e. The van der Waals surface area contributed by atoms with Crippen LogP contribution in [0, 0.1) is 0 Å². The van der Waals surface area contributed by atoms with Gasteiger partial charge in [-0.15, -0.1) is 0 Å². The maximum absolute atomic E-state index is 11.4. The average molecular weight is 208 g/mol. The molecule has 4 nitrogen and oxygen atoms in total. The second kappa shape index (κ2) is 5.24. The molecule has 0 radical (unpaired) electrons. The number of aromatic hydroxyl groups is 1. The standard InChI is InChI=1S/C11H16N2O2/c1-2-5-13-11(15)7-8-6-9(14)3-4-10(8)12/h3-4,6,14H,2,5,7,12H2,1H3,(H,13,15). The summed E-state index contributed by atoms with van der Waals surface area (Å²) in [6, 6.07) is 4.61. The Labute approximate surface area is 89.1 Å². The van der Waals surface area contributed by atoms with Gasteiger partial charge >= 0.3 is 0 Å². The van der Waals surface area contributed by atoms with Crippen LogP contribution in [0.5, 0.6) is 5.75 Å². The Hall–Kier alpha value is -1.71. The van der Waals surface area contributed by atoms with Crippen molar-refractivity contribution >= 4 is 11.6 Å². The van der Waals surface area contributed by atoms with Crippen molar-refractivity contribution in [3.8, 4) is 5.75 Å². The van der Waals surface area contributed by atoms with E-state index in [-0.39, 0.29) is 18.1 Å². The zero-order valence-electron chi connectivity index (χ0n) is 8.79. The molecular weight excluding hydrogens is 192 g/mol. The smallest absolute Gasteiger partial charge is 0.224 e. The van der Waals surface area contributed by atoms with Crippen LogP contribution >= 0.6 is 0 Å². The highest BCUT2D eigenvalue weighted by molar-refractivity contribution is 5.80. The number of hydrogen-bond acceptors (Lipinski definition) is 3. The molecule has 1 amide bonds. The normalized spacial score (nSPS) is 9.93. The molecule has 15 heavy (non-hydrogen) atoms. The van der Waals surface area contributed by atoms with Crippen molar-refractivity contribution in [3.63, 3.8) is 0 Å². The molecule has 0 aliphatic rings. The predicted octanol–water partition coefficient (Wildman–Crippen LogP) is 1.04. The van der Waals surface area contributed by atoms with Crippen molar-refractivity contribution in [2.24, 2.45) is 0 Å². The molecule has 0 saturated carbocycles. The predicted molar refractivity (Wildman–Crippen MR) is 59.5 cm³/mol. The van der Waals surface area contributed by atoms with Crippen molar-refractivity contribution in [2.45, 2.75) is 19.8 Å². The van der Waals surface area contributed by atoms with Gasteiger partial charge in [-0.3, -0.25) is 4.79 Å². The van der Waals surface area contributed by atoms with Gasteiger partial charge in [-0.2, -0.15) is 0 Å². The van der Waals surface area contributed by atoms with Crippen LogP contribution in [0.15, 0.2) is 18.2 Å². The van der Waals surface area contributed by atoms with Gasteiger partial charge in [0, 0.05) is 12.2 Å². The molecule has 1 aromatic rings. The van der Waals surface area contributed by atoms with Crippen LogP contribution in [-0.4, -0.2) is 17.6 Å². The maximum atomic E-state index is 11.4. The summed E-state index contributed by atoms with van der Waals surface area (Å²) < 4.78 is 0. The first-order valence-corrected chi connectivity index (χ1v) is 4.97. The van der Waals surface area contributed by atoms with E-state index in [2.05, 4.69) is 5.32 Å². The van der Waals surface area contributed by atoms with Gasteiger partial charge in [-0.05, 0) is 30.2 Å². The van der Waals surface area contributed by atoms with Crippen molar-refractivity contribution in [1.82, 2.24) is 5.32 Å². The van der Waals surface area contributed by atoms with Gasteiger partial charge in [-0.1, -0.05) is 6.92 Å². The van der Waals surface area contributed by atoms with Gasteiger partial charge < -0.3 is 16.2 Å². The van der Waals surface area contributed by atoms with Gasteiger partial charge in [-0.25, -0.2) is 0 Å². The third kappa shape index (κ3) is 3.50. The number of amides is 1. The van der Waals surface area contributed by atoms with Crippen LogP contribution in [0.1, 0.15) is 18.9 Å². The van der Waals surface area contributed by atoms with Gasteiger partial charge in [0.25, 0.3) is 0 Å². The van der Waals surface area contributed by atoms with E-state index in [0.717, 1.165) is 6.42 Å². The molecule has 0 aliphatic carbocycles. The fraction of sp³-hybridized carbons (Fsp3) is 0.364. The van der Waals surface area contributed by atoms with E-state index in [1.165, 1.54) is 12.1 Å². The molecule has 4 N–H and O–H groups in total. The van der Waals surface area contributed by atoms with Gasteiger partial charge in [0.1, 0.15) is 5.75 Å². The maximum Gasteiger partial charge on any atom is 0.224 e. The molecule has 0 unspecified atom stereocenters. The highest BCUT2D eigenvalue weighted by Gasteiger charge is 2.06. The summed E-state index contributed by atoms with van der Waals surface area (Å²) in [6.07, 6.45) is 1.11. The minimum Gasteiger partial charge on any atom is -0.508 e. The lowest BCUT2D eigenvalue weighted by Gasteiger charge is -2.06. The van der Waals surface area contributed by atoms with E-state index >= 15 is 0 Å². The summed E-state index contributed by atoms with van der Waals surface area (Å²) in [4.78, 5) is 11.4. The van der Waals surface area contributed by atoms with Crippen molar-refractivity contribution in [1.29, 1.82) is 0 Å². The Bertz CT molecular complexity index is 350. The van der Waals surface area contributed by atoms with Crippen molar-refractivity contribution < 1.29 is 9.90 Å². The molecular formula is C11H16N2O2. The number of anilines is 1. The molecule has 0 bridgehead atoms. The topological polar surface area (TPSA) is 75.3 Å². The van der Waals surface area contributed by atoms with Gasteiger partial charge in [0.05, 0.1) is 6.42 Å². The number of nitrogen functional groups attached to an aromatic ring is 1. The summed E-state index contributed by atoms with van der Waals surface area (Å²) in [5.41, 5.74) is 6.86. The van der Waals surface area contributed by atoms with Crippen LogP contribution in [-0.2, 0) is 11.2 Å². The van der Waals surface area contributed by atoms with Crippen LogP contribution in [0.3, 0.4) is 0 Å². The monoisotopic (exact) mass is 208 g/mol. The summed E-state index contributed by atoms with van der Waals surface area (Å²) in [7, 11) is 0. The first-order valence-electron chi connectivity index (χ1n) is 4.97. The van der Waals surface area contributed by atoms with E-state index in [4.69, 9.17) is 5.73 Å². The second-order valence-electron chi connectivity index (χ2n) is 3.41. The van der Waals surface area contributed by atoms with E-state index < -0.39 is 0 Å². The molecule has 0 atom stereocenters. The van der Waals surface area contributed by atoms with Crippen LogP contribution in [0.2, 0.25) is 0 Å². The molecule has 4 heteroatoms. The number of carbonyl (C=O) groups excluding carboxylic acids is 1. The summed E-state index contributed by atoms with van der Waals surface area (Å²) in [5.74, 6) is 0.0524. The lowest BCUT2D eigenvalue weighted by Crippen LogP contribution is -2.25. The number of nitrogens with two attached hydrogens (primary N) is 1. The van der Waals surface area contributed by atoms with E-state index in [1.807, 2.05) is 6.92 Å². The zero-order valence-corrected chi connectivity index (χ0v) is 8.79. The SMILES string of the molecule is CCCNC(=O)Cc1cc(O)ccc1N. The summed E-state index contributed by atoms with van der Waals surface area (Å²) >= 11 is 0. The molecule has 0 saturated heterocycles. The van der Waals surface area contributed by atoms with Crippen molar-refractivity contribution in [2.75, 3.05) is 12.3 Å². The molecule has 0 aliphatic heterocycles. The second-order valence-corrected chi connectivity index (χ2v) is 3.41. The van der Waals surface area contributed by atoms with Crippen molar-refractivity contribution in [3.05, 3.63) is 23.8 Å². The van der Waals surface area contributed by atoms with Gasteiger partial charge in [0.15, 0.2) is 0 Å². The highest BCUT2D eigenvalue weighted by atomic mass is 16.3. The van der Waals surface area contributed by atoms with E-state index in [1.54, 1.807) is 6.07 Å². The number of benzene rings is 1. The Kier molecular flexibility index (Phi) is 3.97. The first-order chi connectivity index (χ1) is 7.13. The van der Waals surface area contributed by atoms with E-state index in [9.17, 15) is 9.90 Å². The number of nitrogens with one attached hydrogen (secondary N) is 1. The molecule has 1 rings (SSSR count). The quantitative estimate of drug-likeness (QED) is 0.511. The Morgan fingerprint density at radius 1 is 1.53 bits per heavy atom. The molecule has 0 aromatic heterocycles. The minimum atomic E-state index is -0.0749. The average Bonchev–Trinajstić information content (AvgIpc) is 2.20. The Balaban J connectivity index is 2.63. The van der Waals surface area contributed by atoms with Crippen LogP contribution in [0.25, 0.3) is 0 Å². The molecule has 0 fully saturated rings. The molecule has 0 spiro atoms. The lowest BCUT2D eigenvalue weighted by molar-refractivity contribution is -0.120. The summed E-state index contributed by atoms with van der Waals surface area (Å²) in [6.45, 7) is 2.65. The van der Waals surface area contributed by atoms with Gasteiger partial charge in [0.2, 0.25) is 5.91 Å². The molecule has 82 valence electrons. The third-order valence-electron chi connectivity index (χ3n) is 2.05. The lowest BCUT2D eigenvalue weighted by atomic mass is 10.1. The fourth-order valence-electron chi connectivity index (χ4n) is 1.25. The third-order valence-corrected chi connectivity index (χ3v) is 2.05. The first kappa shape index (κ1) is 11.4. The molecule has 1 aromatic carbocycles. The Morgan fingerprint density at radius 3 is 2.93 bits per heavy atom. The number of carbonyl (C=O) groups is 1. The number of phenols is 1. The number of hydrogen-bond donors (Lipinski definition) is 3. The Morgan fingerprint density at radius 2 is 2.27 bits per heavy atom. The van der Waals surface area contributed by atoms with Crippen LogP contribution < -0.4 is 11.1 Å². The summed E-state index contributed by atoms with van der Waals surface area (Å²) in [5, 5.41) is 12.0. The fourth-order valence-corrected chi connectivity index (χ4v) is 1.25. The number of phenolic OH excluding ortho intramolecular Hbond substituents is 1.